The fraction of sp³-hybridized carbons (Fsp3) is 0.370. The normalized spacial score (nSPS) is 22.6. The Morgan fingerprint density at radius 3 is 2.61 bits per heavy atom. The molecule has 1 heterocycles. The van der Waals surface area contributed by atoms with Crippen LogP contribution in [0.2, 0.25) is 0 Å². The van der Waals surface area contributed by atoms with Crippen molar-refractivity contribution in [1.29, 1.82) is 0 Å². The molecule has 0 bridgehead atoms. The van der Waals surface area contributed by atoms with E-state index in [-0.39, 0.29) is 23.6 Å². The van der Waals surface area contributed by atoms with Gasteiger partial charge in [0.1, 0.15) is 12.5 Å². The van der Waals surface area contributed by atoms with E-state index >= 15 is 0 Å². The fourth-order valence-electron chi connectivity index (χ4n) is 4.82. The second-order valence-corrected chi connectivity index (χ2v) is 10.7. The number of nitrogens with zero attached hydrogens (tertiary/aromatic N) is 1. The smallest absolute Gasteiger partial charge is 0.315 e. The van der Waals surface area contributed by atoms with Gasteiger partial charge in [-0.3, -0.25) is 14.6 Å². The van der Waals surface area contributed by atoms with Crippen molar-refractivity contribution in [3.05, 3.63) is 81.5 Å². The number of thioether (sulfide) groups is 1. The van der Waals surface area contributed by atoms with E-state index in [1.807, 2.05) is 49.4 Å². The van der Waals surface area contributed by atoms with Crippen LogP contribution in [0, 0.1) is 5.92 Å². The van der Waals surface area contributed by atoms with Gasteiger partial charge < -0.3 is 4.74 Å². The fourth-order valence-corrected chi connectivity index (χ4v) is 5.73. The molecular formula is C27H28BrNO3S. The number of ether oxygens (including phenoxy) is 1. The maximum atomic E-state index is 13.6. The van der Waals surface area contributed by atoms with Crippen LogP contribution in [0.3, 0.4) is 0 Å². The van der Waals surface area contributed by atoms with Gasteiger partial charge in [-0.15, -0.1) is 0 Å². The summed E-state index contributed by atoms with van der Waals surface area (Å²) in [6, 6.07) is 18.0. The zero-order chi connectivity index (χ0) is 23.4. The van der Waals surface area contributed by atoms with Crippen LogP contribution >= 0.6 is 27.7 Å². The maximum absolute atomic E-state index is 13.6. The van der Waals surface area contributed by atoms with E-state index in [1.165, 1.54) is 0 Å². The number of carbonyl (C=O) groups is 2. The molecular weight excluding hydrogens is 498 g/mol. The molecule has 4 rings (SSSR count). The van der Waals surface area contributed by atoms with Gasteiger partial charge in [-0.2, -0.15) is 11.8 Å². The third-order valence-electron chi connectivity index (χ3n) is 6.30. The van der Waals surface area contributed by atoms with E-state index in [0.29, 0.717) is 30.7 Å². The first kappa shape index (κ1) is 24.0. The lowest BCUT2D eigenvalue weighted by atomic mass is 9.69. The molecule has 0 amide bonds. The highest BCUT2D eigenvalue weighted by molar-refractivity contribution is 9.10. The molecule has 2 aromatic carbocycles. The molecule has 0 saturated carbocycles. The molecule has 2 aromatic rings. The topological polar surface area (TPSA) is 55.7 Å². The number of halogens is 1. The van der Waals surface area contributed by atoms with Crippen molar-refractivity contribution >= 4 is 45.2 Å². The van der Waals surface area contributed by atoms with E-state index in [0.717, 1.165) is 32.8 Å². The zero-order valence-electron chi connectivity index (χ0n) is 18.9. The Hall–Kier alpha value is -2.18. The van der Waals surface area contributed by atoms with Gasteiger partial charge in [0.05, 0.1) is 0 Å². The van der Waals surface area contributed by atoms with Crippen molar-refractivity contribution in [3.63, 3.8) is 0 Å². The molecule has 0 fully saturated rings. The number of carbonyl (C=O) groups excluding carboxylic acids is 2. The summed E-state index contributed by atoms with van der Waals surface area (Å²) in [5.74, 6) is 0.640. The Kier molecular flexibility index (Phi) is 7.86. The molecule has 4 nitrogen and oxygen atoms in total. The lowest BCUT2D eigenvalue weighted by Gasteiger charge is -2.36. The minimum absolute atomic E-state index is 0.0747. The van der Waals surface area contributed by atoms with Gasteiger partial charge in [0.25, 0.3) is 0 Å². The summed E-state index contributed by atoms with van der Waals surface area (Å²) in [4.78, 5) is 31.6. The molecule has 0 aromatic heterocycles. The summed E-state index contributed by atoms with van der Waals surface area (Å²) < 4.78 is 6.57. The van der Waals surface area contributed by atoms with Crippen molar-refractivity contribution in [2.75, 3.05) is 18.1 Å². The highest BCUT2D eigenvalue weighted by atomic mass is 79.9. The number of aliphatic imine (C=N–C) groups is 1. The summed E-state index contributed by atoms with van der Waals surface area (Å²) >= 11 is 5.29. The second kappa shape index (κ2) is 10.8. The minimum Gasteiger partial charge on any atom is -0.464 e. The van der Waals surface area contributed by atoms with Gasteiger partial charge in [0.2, 0.25) is 0 Å². The van der Waals surface area contributed by atoms with Crippen LogP contribution in [0.5, 0.6) is 0 Å². The molecule has 33 heavy (non-hydrogen) atoms. The monoisotopic (exact) mass is 525 g/mol. The van der Waals surface area contributed by atoms with E-state index in [1.54, 1.807) is 11.8 Å². The SMILES string of the molecule is CCSCCOC(=O)C1C(C)=NC2=C(C(=O)C[C@@H](c3ccccc3)C2)[C@@H]1c1cccc(Br)c1. The van der Waals surface area contributed by atoms with Crippen molar-refractivity contribution in [2.45, 2.75) is 38.5 Å². The number of hydrogen-bond acceptors (Lipinski definition) is 5. The average molecular weight is 526 g/mol. The average Bonchev–Trinajstić information content (AvgIpc) is 2.81. The summed E-state index contributed by atoms with van der Waals surface area (Å²) in [5.41, 5.74) is 4.29. The number of allylic oxidation sites excluding steroid dienone is 2. The molecule has 0 N–H and O–H groups in total. The van der Waals surface area contributed by atoms with Gasteiger partial charge in [0, 0.05) is 39.5 Å². The van der Waals surface area contributed by atoms with E-state index in [4.69, 9.17) is 9.73 Å². The van der Waals surface area contributed by atoms with Gasteiger partial charge in [-0.05, 0) is 48.3 Å². The summed E-state index contributed by atoms with van der Waals surface area (Å²) in [7, 11) is 0. The first-order valence-corrected chi connectivity index (χ1v) is 13.3. The lowest BCUT2D eigenvalue weighted by Crippen LogP contribution is -2.38. The quantitative estimate of drug-likeness (QED) is 0.313. The molecule has 1 aliphatic heterocycles. The second-order valence-electron chi connectivity index (χ2n) is 8.43. The summed E-state index contributed by atoms with van der Waals surface area (Å²) in [6.45, 7) is 4.33. The van der Waals surface area contributed by atoms with Crippen molar-refractivity contribution in [2.24, 2.45) is 10.9 Å². The number of rotatable bonds is 7. The molecule has 0 spiro atoms. The Morgan fingerprint density at radius 1 is 1.12 bits per heavy atom. The van der Waals surface area contributed by atoms with Gasteiger partial charge in [-0.25, -0.2) is 0 Å². The van der Waals surface area contributed by atoms with Gasteiger partial charge in [0.15, 0.2) is 5.78 Å². The van der Waals surface area contributed by atoms with Crippen LogP contribution in [0.25, 0.3) is 0 Å². The van der Waals surface area contributed by atoms with Crippen molar-refractivity contribution < 1.29 is 14.3 Å². The number of Topliss-reactive ketones (excluding diaryl/α,β-unsaturated/α-hetero) is 1. The van der Waals surface area contributed by atoms with E-state index < -0.39 is 5.92 Å². The third-order valence-corrected chi connectivity index (χ3v) is 7.65. The maximum Gasteiger partial charge on any atom is 0.315 e. The number of hydrogen-bond donors (Lipinski definition) is 0. The summed E-state index contributed by atoms with van der Waals surface area (Å²) in [6.07, 6.45) is 1.12. The molecule has 2 aliphatic rings. The molecule has 6 heteroatoms. The molecule has 0 radical (unpaired) electrons. The van der Waals surface area contributed by atoms with E-state index in [2.05, 4.69) is 35.0 Å². The van der Waals surface area contributed by atoms with Crippen molar-refractivity contribution in [1.82, 2.24) is 0 Å². The number of benzene rings is 2. The molecule has 1 unspecified atom stereocenters. The Morgan fingerprint density at radius 2 is 1.88 bits per heavy atom. The Balaban J connectivity index is 1.71. The van der Waals surface area contributed by atoms with Crippen LogP contribution in [0.4, 0.5) is 0 Å². The standard InChI is InChI=1S/C27H28BrNO3S/c1-3-33-13-12-32-27(31)24-17(2)29-22-15-20(18-8-5-4-6-9-18)16-23(30)26(22)25(24)19-10-7-11-21(28)14-19/h4-11,14,20,24-25H,3,12-13,15-16H2,1-2H3/t20-,24?,25+/m0/s1. The first-order chi connectivity index (χ1) is 16.0. The predicted octanol–water partition coefficient (Wildman–Crippen LogP) is 6.32. The van der Waals surface area contributed by atoms with Crippen LogP contribution in [-0.2, 0) is 14.3 Å². The van der Waals surface area contributed by atoms with Crippen molar-refractivity contribution in [3.8, 4) is 0 Å². The lowest BCUT2D eigenvalue weighted by molar-refractivity contribution is -0.145. The largest absolute Gasteiger partial charge is 0.464 e. The Bertz CT molecular complexity index is 1100. The highest BCUT2D eigenvalue weighted by Crippen LogP contribution is 2.47. The third kappa shape index (κ3) is 5.33. The molecule has 3 atom stereocenters. The van der Waals surface area contributed by atoms with Crippen LogP contribution in [0.1, 0.15) is 49.7 Å². The number of ketones is 1. The van der Waals surface area contributed by atoms with Crippen LogP contribution in [0.15, 0.2) is 75.3 Å². The minimum atomic E-state index is -0.595. The van der Waals surface area contributed by atoms with Crippen LogP contribution in [-0.4, -0.2) is 35.6 Å². The van der Waals surface area contributed by atoms with E-state index in [9.17, 15) is 9.59 Å². The molecule has 0 saturated heterocycles. The zero-order valence-corrected chi connectivity index (χ0v) is 21.3. The highest BCUT2D eigenvalue weighted by Gasteiger charge is 2.44. The van der Waals surface area contributed by atoms with Crippen LogP contribution < -0.4 is 0 Å². The number of esters is 1. The Labute approximate surface area is 208 Å². The molecule has 1 aliphatic carbocycles. The summed E-state index contributed by atoms with van der Waals surface area (Å²) in [5, 5.41) is 0. The molecule has 172 valence electrons. The van der Waals surface area contributed by atoms with Gasteiger partial charge in [-0.1, -0.05) is 65.3 Å². The first-order valence-electron chi connectivity index (χ1n) is 11.4. The van der Waals surface area contributed by atoms with Gasteiger partial charge >= 0.3 is 5.97 Å². The predicted molar refractivity (Wildman–Crippen MR) is 138 cm³/mol.